The fourth-order valence-corrected chi connectivity index (χ4v) is 2.89. The molecule has 1 saturated heterocycles. The highest BCUT2D eigenvalue weighted by atomic mass is 16.3. The third kappa shape index (κ3) is 9.42. The van der Waals surface area contributed by atoms with E-state index < -0.39 is 0 Å². The number of hydrogen-bond acceptors (Lipinski definition) is 5. The minimum absolute atomic E-state index is 0.305. The average molecular weight is 300 g/mol. The van der Waals surface area contributed by atoms with Gasteiger partial charge in [-0.1, -0.05) is 0 Å². The topological polar surface area (TPSA) is 56.0 Å². The van der Waals surface area contributed by atoms with Crippen LogP contribution < -0.4 is 5.73 Å². The second kappa shape index (κ2) is 12.4. The second-order valence-corrected chi connectivity index (χ2v) is 6.27. The van der Waals surface area contributed by atoms with Crippen LogP contribution in [0.5, 0.6) is 0 Å². The molecule has 0 spiro atoms. The fourth-order valence-electron chi connectivity index (χ4n) is 2.89. The molecule has 0 aromatic carbocycles. The highest BCUT2D eigenvalue weighted by Crippen LogP contribution is 2.05. The van der Waals surface area contributed by atoms with Crippen molar-refractivity contribution in [1.29, 1.82) is 0 Å². The monoisotopic (exact) mass is 300 g/mol. The number of aliphatic hydroxyl groups excluding tert-OH is 1. The highest BCUT2D eigenvalue weighted by molar-refractivity contribution is 4.72. The summed E-state index contributed by atoms with van der Waals surface area (Å²) in [6.45, 7) is 10.7. The SMILES string of the molecule is CN(CCCO)CCCCN1CCN(CCCCN)CC1. The summed E-state index contributed by atoms with van der Waals surface area (Å²) in [5.41, 5.74) is 5.54. The first-order valence-corrected chi connectivity index (χ1v) is 8.70. The van der Waals surface area contributed by atoms with E-state index in [1.54, 1.807) is 0 Å². The lowest BCUT2D eigenvalue weighted by Crippen LogP contribution is -2.46. The standard InChI is InChI=1S/C16H36N4O/c1-18(9-6-16-21)8-4-5-11-20-14-12-19(13-15-20)10-3-2-7-17/h21H,2-17H2,1H3. The van der Waals surface area contributed by atoms with Crippen LogP contribution in [0, 0.1) is 0 Å². The Morgan fingerprint density at radius 1 is 0.857 bits per heavy atom. The molecule has 126 valence electrons. The molecule has 0 bridgehead atoms. The molecule has 0 saturated carbocycles. The molecule has 5 heteroatoms. The summed E-state index contributed by atoms with van der Waals surface area (Å²) >= 11 is 0. The van der Waals surface area contributed by atoms with Gasteiger partial charge in [-0.2, -0.15) is 0 Å². The largest absolute Gasteiger partial charge is 0.396 e. The normalized spacial score (nSPS) is 17.7. The zero-order valence-corrected chi connectivity index (χ0v) is 14.0. The van der Waals surface area contributed by atoms with Gasteiger partial charge in [-0.15, -0.1) is 0 Å². The van der Waals surface area contributed by atoms with E-state index >= 15 is 0 Å². The molecule has 0 unspecified atom stereocenters. The Morgan fingerprint density at radius 2 is 1.38 bits per heavy atom. The maximum absolute atomic E-state index is 8.80. The number of aliphatic hydroxyl groups is 1. The van der Waals surface area contributed by atoms with Gasteiger partial charge in [0.25, 0.3) is 0 Å². The summed E-state index contributed by atoms with van der Waals surface area (Å²) in [7, 11) is 2.15. The number of nitrogens with two attached hydrogens (primary N) is 1. The molecule has 1 aliphatic rings. The lowest BCUT2D eigenvalue weighted by molar-refractivity contribution is 0.128. The zero-order chi connectivity index (χ0) is 15.3. The molecule has 0 atom stereocenters. The maximum atomic E-state index is 8.80. The van der Waals surface area contributed by atoms with E-state index in [0.717, 1.165) is 32.5 Å². The quantitative estimate of drug-likeness (QED) is 0.512. The molecule has 1 aliphatic heterocycles. The first-order valence-electron chi connectivity index (χ1n) is 8.70. The molecular weight excluding hydrogens is 264 g/mol. The third-order valence-electron chi connectivity index (χ3n) is 4.36. The fraction of sp³-hybridized carbons (Fsp3) is 1.00. The molecule has 0 aromatic heterocycles. The average Bonchev–Trinajstić information content (AvgIpc) is 2.51. The van der Waals surface area contributed by atoms with Gasteiger partial charge in [-0.25, -0.2) is 0 Å². The Morgan fingerprint density at radius 3 is 1.90 bits per heavy atom. The summed E-state index contributed by atoms with van der Waals surface area (Å²) in [6, 6.07) is 0. The Hall–Kier alpha value is -0.200. The number of piperazine rings is 1. The van der Waals surface area contributed by atoms with Crippen LogP contribution in [-0.4, -0.2) is 92.4 Å². The van der Waals surface area contributed by atoms with Crippen molar-refractivity contribution in [1.82, 2.24) is 14.7 Å². The van der Waals surface area contributed by atoms with Crippen molar-refractivity contribution in [3.8, 4) is 0 Å². The van der Waals surface area contributed by atoms with E-state index in [1.165, 1.54) is 58.5 Å². The Bertz CT molecular complexity index is 232. The second-order valence-electron chi connectivity index (χ2n) is 6.27. The van der Waals surface area contributed by atoms with Gasteiger partial charge >= 0.3 is 0 Å². The molecular formula is C16H36N4O. The van der Waals surface area contributed by atoms with Crippen LogP contribution in [0.4, 0.5) is 0 Å². The van der Waals surface area contributed by atoms with Crippen LogP contribution in [0.2, 0.25) is 0 Å². The minimum Gasteiger partial charge on any atom is -0.396 e. The van der Waals surface area contributed by atoms with Gasteiger partial charge in [0.15, 0.2) is 0 Å². The van der Waals surface area contributed by atoms with Gasteiger partial charge < -0.3 is 25.5 Å². The van der Waals surface area contributed by atoms with Gasteiger partial charge in [-0.05, 0) is 65.3 Å². The van der Waals surface area contributed by atoms with E-state index in [9.17, 15) is 0 Å². The van der Waals surface area contributed by atoms with Crippen molar-refractivity contribution in [2.45, 2.75) is 32.1 Å². The molecule has 0 aliphatic carbocycles. The molecule has 3 N–H and O–H groups in total. The Labute approximate surface area is 131 Å². The highest BCUT2D eigenvalue weighted by Gasteiger charge is 2.15. The van der Waals surface area contributed by atoms with Crippen LogP contribution >= 0.6 is 0 Å². The molecule has 0 amide bonds. The van der Waals surface area contributed by atoms with Crippen molar-refractivity contribution in [3.63, 3.8) is 0 Å². The summed E-state index contributed by atoms with van der Waals surface area (Å²) in [4.78, 5) is 7.51. The van der Waals surface area contributed by atoms with Crippen LogP contribution in [0.3, 0.4) is 0 Å². The summed E-state index contributed by atoms with van der Waals surface area (Å²) < 4.78 is 0. The van der Waals surface area contributed by atoms with Crippen LogP contribution in [0.1, 0.15) is 32.1 Å². The zero-order valence-electron chi connectivity index (χ0n) is 14.0. The number of unbranched alkanes of at least 4 members (excludes halogenated alkanes) is 2. The van der Waals surface area contributed by atoms with Crippen molar-refractivity contribution in [2.75, 3.05) is 72.6 Å². The van der Waals surface area contributed by atoms with E-state index in [0.29, 0.717) is 6.61 Å². The molecule has 0 radical (unpaired) electrons. The summed E-state index contributed by atoms with van der Waals surface area (Å²) in [5, 5.41) is 8.80. The lowest BCUT2D eigenvalue weighted by Gasteiger charge is -2.34. The smallest absolute Gasteiger partial charge is 0.0443 e. The van der Waals surface area contributed by atoms with Crippen molar-refractivity contribution in [3.05, 3.63) is 0 Å². The van der Waals surface area contributed by atoms with Crippen LogP contribution in [0.25, 0.3) is 0 Å². The van der Waals surface area contributed by atoms with E-state index in [1.807, 2.05) is 0 Å². The summed E-state index contributed by atoms with van der Waals surface area (Å²) in [5.74, 6) is 0. The molecule has 1 fully saturated rings. The number of hydrogen-bond donors (Lipinski definition) is 2. The van der Waals surface area contributed by atoms with Gasteiger partial charge in [0.2, 0.25) is 0 Å². The van der Waals surface area contributed by atoms with Crippen LogP contribution in [0.15, 0.2) is 0 Å². The van der Waals surface area contributed by atoms with Crippen LogP contribution in [-0.2, 0) is 0 Å². The molecule has 1 heterocycles. The van der Waals surface area contributed by atoms with Crippen molar-refractivity contribution < 1.29 is 5.11 Å². The van der Waals surface area contributed by atoms with Gasteiger partial charge in [0.1, 0.15) is 0 Å². The van der Waals surface area contributed by atoms with E-state index in [2.05, 4.69) is 21.7 Å². The molecule has 21 heavy (non-hydrogen) atoms. The predicted octanol–water partition coefficient (Wildman–Crippen LogP) is 0.437. The van der Waals surface area contributed by atoms with E-state index in [4.69, 9.17) is 10.8 Å². The van der Waals surface area contributed by atoms with Gasteiger partial charge in [-0.3, -0.25) is 0 Å². The maximum Gasteiger partial charge on any atom is 0.0443 e. The molecule has 5 nitrogen and oxygen atoms in total. The minimum atomic E-state index is 0.305. The third-order valence-corrected chi connectivity index (χ3v) is 4.36. The molecule has 1 rings (SSSR count). The predicted molar refractivity (Wildman–Crippen MR) is 89.6 cm³/mol. The van der Waals surface area contributed by atoms with Gasteiger partial charge in [0, 0.05) is 39.3 Å². The number of rotatable bonds is 12. The first kappa shape index (κ1) is 18.8. The van der Waals surface area contributed by atoms with Crippen molar-refractivity contribution >= 4 is 0 Å². The molecule has 0 aromatic rings. The summed E-state index contributed by atoms with van der Waals surface area (Å²) in [6.07, 6.45) is 5.85. The number of nitrogens with zero attached hydrogens (tertiary/aromatic N) is 3. The lowest BCUT2D eigenvalue weighted by atomic mass is 10.2. The van der Waals surface area contributed by atoms with E-state index in [-0.39, 0.29) is 0 Å². The Balaban J connectivity index is 1.95. The first-order chi connectivity index (χ1) is 10.3. The van der Waals surface area contributed by atoms with Gasteiger partial charge in [0.05, 0.1) is 0 Å². The van der Waals surface area contributed by atoms with Crippen molar-refractivity contribution in [2.24, 2.45) is 5.73 Å². The Kier molecular flexibility index (Phi) is 11.1.